The molecule has 1 saturated heterocycles. The number of nitrogens with zero attached hydrogens (tertiary/aromatic N) is 2. The third-order valence-electron chi connectivity index (χ3n) is 5.18. The average molecular weight is 441 g/mol. The lowest BCUT2D eigenvalue weighted by Crippen LogP contribution is -2.49. The van der Waals surface area contributed by atoms with Gasteiger partial charge < -0.3 is 14.2 Å². The van der Waals surface area contributed by atoms with Gasteiger partial charge in [0, 0.05) is 41.7 Å². The summed E-state index contributed by atoms with van der Waals surface area (Å²) >= 11 is 3.41. The molecule has 0 radical (unpaired) electrons. The molecule has 28 heavy (non-hydrogen) atoms. The van der Waals surface area contributed by atoms with Crippen molar-refractivity contribution >= 4 is 38.5 Å². The summed E-state index contributed by atoms with van der Waals surface area (Å²) in [6, 6.07) is 13.4. The SMILES string of the molecule is Cc1ccc(N2CCN(C(=O)c3cc4cc(Br)ccc4oc3=O)CC2)c(C)c1. The lowest BCUT2D eigenvalue weighted by Gasteiger charge is -2.36. The zero-order valence-corrected chi connectivity index (χ0v) is 17.5. The van der Waals surface area contributed by atoms with Crippen LogP contribution in [0, 0.1) is 13.8 Å². The standard InChI is InChI=1S/C22H21BrN2O3/c1-14-3-5-19(15(2)11-14)24-7-9-25(10-8-24)21(26)18-13-16-12-17(23)4-6-20(16)28-22(18)27/h3-6,11-13H,7-10H2,1-2H3. The van der Waals surface area contributed by atoms with Gasteiger partial charge in [-0.1, -0.05) is 33.6 Å². The highest BCUT2D eigenvalue weighted by atomic mass is 79.9. The molecule has 0 bridgehead atoms. The molecule has 1 fully saturated rings. The summed E-state index contributed by atoms with van der Waals surface area (Å²) < 4.78 is 6.21. The molecule has 144 valence electrons. The Morgan fingerprint density at radius 2 is 1.75 bits per heavy atom. The molecule has 1 aliphatic heterocycles. The smallest absolute Gasteiger partial charge is 0.349 e. The first kappa shape index (κ1) is 18.7. The number of fused-ring (bicyclic) bond motifs is 1. The number of amides is 1. The molecule has 0 unspecified atom stereocenters. The molecule has 0 spiro atoms. The van der Waals surface area contributed by atoms with Gasteiger partial charge in [0.1, 0.15) is 11.1 Å². The Balaban J connectivity index is 1.53. The van der Waals surface area contributed by atoms with Crippen molar-refractivity contribution in [2.45, 2.75) is 13.8 Å². The maximum Gasteiger partial charge on any atom is 0.349 e. The maximum absolute atomic E-state index is 12.9. The van der Waals surface area contributed by atoms with Gasteiger partial charge >= 0.3 is 5.63 Å². The van der Waals surface area contributed by atoms with E-state index in [0.717, 1.165) is 22.9 Å². The largest absolute Gasteiger partial charge is 0.422 e. The van der Waals surface area contributed by atoms with E-state index in [1.165, 1.54) is 16.8 Å². The number of carbonyl (C=O) groups is 1. The van der Waals surface area contributed by atoms with Crippen LogP contribution >= 0.6 is 15.9 Å². The molecule has 5 nitrogen and oxygen atoms in total. The van der Waals surface area contributed by atoms with Crippen LogP contribution in [0.1, 0.15) is 21.5 Å². The van der Waals surface area contributed by atoms with Gasteiger partial charge in [-0.05, 0) is 49.7 Å². The van der Waals surface area contributed by atoms with Crippen LogP contribution in [-0.2, 0) is 0 Å². The van der Waals surface area contributed by atoms with E-state index in [0.29, 0.717) is 18.7 Å². The van der Waals surface area contributed by atoms with Crippen molar-refractivity contribution in [3.63, 3.8) is 0 Å². The van der Waals surface area contributed by atoms with Crippen molar-refractivity contribution in [1.82, 2.24) is 4.90 Å². The van der Waals surface area contributed by atoms with Crippen LogP contribution in [-0.4, -0.2) is 37.0 Å². The first-order chi connectivity index (χ1) is 13.4. The van der Waals surface area contributed by atoms with Gasteiger partial charge in [0.15, 0.2) is 0 Å². The predicted molar refractivity (Wildman–Crippen MR) is 114 cm³/mol. The molecular formula is C22H21BrN2O3. The maximum atomic E-state index is 12.9. The second-order valence-corrected chi connectivity index (χ2v) is 8.11. The number of benzene rings is 2. The van der Waals surface area contributed by atoms with Crippen LogP contribution in [0.4, 0.5) is 5.69 Å². The first-order valence-corrected chi connectivity index (χ1v) is 10.1. The third kappa shape index (κ3) is 3.56. The number of hydrogen-bond donors (Lipinski definition) is 0. The fraction of sp³-hybridized carbons (Fsp3) is 0.273. The molecule has 2 aromatic carbocycles. The molecule has 4 rings (SSSR count). The van der Waals surface area contributed by atoms with E-state index in [2.05, 4.69) is 52.9 Å². The normalized spacial score (nSPS) is 14.5. The molecule has 0 aliphatic carbocycles. The van der Waals surface area contributed by atoms with Crippen molar-refractivity contribution in [2.24, 2.45) is 0 Å². The summed E-state index contributed by atoms with van der Waals surface area (Å²) in [4.78, 5) is 29.3. The van der Waals surface area contributed by atoms with Crippen molar-refractivity contribution in [1.29, 1.82) is 0 Å². The Kier molecular flexibility index (Phi) is 4.98. The monoisotopic (exact) mass is 440 g/mol. The van der Waals surface area contributed by atoms with E-state index in [1.54, 1.807) is 23.1 Å². The predicted octanol–water partition coefficient (Wildman–Crippen LogP) is 4.13. The van der Waals surface area contributed by atoms with E-state index < -0.39 is 5.63 Å². The first-order valence-electron chi connectivity index (χ1n) is 9.27. The minimum Gasteiger partial charge on any atom is -0.422 e. The van der Waals surface area contributed by atoms with Gasteiger partial charge in [0.2, 0.25) is 0 Å². The molecule has 0 atom stereocenters. The molecule has 1 amide bonds. The highest BCUT2D eigenvalue weighted by molar-refractivity contribution is 9.10. The molecule has 2 heterocycles. The zero-order valence-electron chi connectivity index (χ0n) is 15.9. The zero-order chi connectivity index (χ0) is 19.8. The minimum absolute atomic E-state index is 0.0885. The van der Waals surface area contributed by atoms with Crippen LogP contribution in [0.15, 0.2) is 56.1 Å². The molecule has 0 N–H and O–H groups in total. The van der Waals surface area contributed by atoms with E-state index in [1.807, 2.05) is 6.07 Å². The third-order valence-corrected chi connectivity index (χ3v) is 5.68. The fourth-order valence-corrected chi connectivity index (χ4v) is 4.10. The van der Waals surface area contributed by atoms with Gasteiger partial charge in [-0.3, -0.25) is 4.79 Å². The second-order valence-electron chi connectivity index (χ2n) is 7.20. The molecular weight excluding hydrogens is 420 g/mol. The van der Waals surface area contributed by atoms with Crippen LogP contribution in [0.3, 0.4) is 0 Å². The summed E-state index contributed by atoms with van der Waals surface area (Å²) in [5.74, 6) is -0.268. The number of hydrogen-bond acceptors (Lipinski definition) is 4. The van der Waals surface area contributed by atoms with Gasteiger partial charge in [0.25, 0.3) is 5.91 Å². The summed E-state index contributed by atoms with van der Waals surface area (Å²) in [6.45, 7) is 6.81. The van der Waals surface area contributed by atoms with Gasteiger partial charge in [0.05, 0.1) is 0 Å². The molecule has 1 aromatic heterocycles. The van der Waals surface area contributed by atoms with Crippen molar-refractivity contribution in [2.75, 3.05) is 31.1 Å². The minimum atomic E-state index is -0.586. The summed E-state index contributed by atoms with van der Waals surface area (Å²) in [7, 11) is 0. The number of halogens is 1. The second kappa shape index (κ2) is 7.43. The van der Waals surface area contributed by atoms with Crippen LogP contribution in [0.25, 0.3) is 11.0 Å². The van der Waals surface area contributed by atoms with Gasteiger partial charge in [-0.2, -0.15) is 0 Å². The van der Waals surface area contributed by atoms with Crippen molar-refractivity contribution < 1.29 is 9.21 Å². The number of rotatable bonds is 2. The Bertz CT molecular complexity index is 1110. The van der Waals surface area contributed by atoms with Crippen LogP contribution in [0.5, 0.6) is 0 Å². The van der Waals surface area contributed by atoms with Gasteiger partial charge in [-0.25, -0.2) is 4.79 Å². The van der Waals surface area contributed by atoms with Gasteiger partial charge in [-0.15, -0.1) is 0 Å². The molecule has 3 aromatic rings. The summed E-state index contributed by atoms with van der Waals surface area (Å²) in [6.07, 6.45) is 0. The average Bonchev–Trinajstić information content (AvgIpc) is 2.67. The van der Waals surface area contributed by atoms with Crippen LogP contribution < -0.4 is 10.5 Å². The van der Waals surface area contributed by atoms with Crippen molar-refractivity contribution in [3.05, 3.63) is 74.0 Å². The highest BCUT2D eigenvalue weighted by Crippen LogP contribution is 2.23. The summed E-state index contributed by atoms with van der Waals surface area (Å²) in [5.41, 5.74) is 3.66. The molecule has 6 heteroatoms. The number of anilines is 1. The Morgan fingerprint density at radius 1 is 1.00 bits per heavy atom. The van der Waals surface area contributed by atoms with Crippen molar-refractivity contribution in [3.8, 4) is 0 Å². The van der Waals surface area contributed by atoms with E-state index in [4.69, 9.17) is 4.42 Å². The lowest BCUT2D eigenvalue weighted by molar-refractivity contribution is 0.0742. The Labute approximate surface area is 171 Å². The number of piperazine rings is 1. The quantitative estimate of drug-likeness (QED) is 0.562. The van der Waals surface area contributed by atoms with E-state index in [9.17, 15) is 9.59 Å². The highest BCUT2D eigenvalue weighted by Gasteiger charge is 2.25. The lowest BCUT2D eigenvalue weighted by atomic mass is 10.1. The molecule has 1 aliphatic rings. The molecule has 0 saturated carbocycles. The topological polar surface area (TPSA) is 53.8 Å². The van der Waals surface area contributed by atoms with E-state index >= 15 is 0 Å². The Morgan fingerprint density at radius 3 is 2.46 bits per heavy atom. The fourth-order valence-electron chi connectivity index (χ4n) is 3.72. The Hall–Kier alpha value is -2.60. The summed E-state index contributed by atoms with van der Waals surface area (Å²) in [5, 5.41) is 0.728. The van der Waals surface area contributed by atoms with Crippen LogP contribution in [0.2, 0.25) is 0 Å². The number of aryl methyl sites for hydroxylation is 2. The number of carbonyl (C=O) groups excluding carboxylic acids is 1. The van der Waals surface area contributed by atoms with E-state index in [-0.39, 0.29) is 11.5 Å².